The van der Waals surface area contributed by atoms with Crippen molar-refractivity contribution in [2.75, 3.05) is 6.61 Å². The van der Waals surface area contributed by atoms with E-state index in [0.29, 0.717) is 19.3 Å². The molecule has 0 radical (unpaired) electrons. The molecule has 0 aromatic carbocycles. The summed E-state index contributed by atoms with van der Waals surface area (Å²) >= 11 is 0. The number of hydrogen-bond acceptors (Lipinski definition) is 5. The lowest BCUT2D eigenvalue weighted by molar-refractivity contribution is -0.151. The molecule has 0 fully saturated rings. The fraction of sp³-hybridized carbons (Fsp3) is 0.778. The largest absolute Gasteiger partial charge is 0.462 e. The molecule has 3 unspecified atom stereocenters. The van der Waals surface area contributed by atoms with E-state index in [2.05, 4.69) is 38.2 Å². The van der Waals surface area contributed by atoms with Crippen molar-refractivity contribution in [2.45, 2.75) is 264 Å². The number of nitrogens with one attached hydrogen (secondary N) is 1. The summed E-state index contributed by atoms with van der Waals surface area (Å²) in [6.07, 6.45) is 58.6. The summed E-state index contributed by atoms with van der Waals surface area (Å²) in [5.74, 6) is -0.543. The van der Waals surface area contributed by atoms with E-state index in [1.807, 2.05) is 48.6 Å². The number of rotatable bonds is 45. The number of carbonyl (C=O) groups is 2. The van der Waals surface area contributed by atoms with Gasteiger partial charge in [-0.25, -0.2) is 0 Å². The number of aliphatic hydroxyl groups excluding tert-OH is 2. The molecule has 0 aromatic heterocycles. The van der Waals surface area contributed by atoms with Crippen LogP contribution in [0.15, 0.2) is 60.8 Å². The molecule has 60 heavy (non-hydrogen) atoms. The summed E-state index contributed by atoms with van der Waals surface area (Å²) < 4.78 is 5.88. The average molecular weight is 840 g/mol. The third kappa shape index (κ3) is 42.3. The van der Waals surface area contributed by atoms with E-state index < -0.39 is 18.2 Å². The van der Waals surface area contributed by atoms with Gasteiger partial charge in [0.15, 0.2) is 0 Å². The molecule has 1 amide bonds. The van der Waals surface area contributed by atoms with Gasteiger partial charge in [0.05, 0.1) is 25.2 Å². The minimum Gasteiger partial charge on any atom is -0.462 e. The van der Waals surface area contributed by atoms with Crippen molar-refractivity contribution in [1.82, 2.24) is 5.32 Å². The fourth-order valence-electron chi connectivity index (χ4n) is 7.63. The van der Waals surface area contributed by atoms with Gasteiger partial charge in [0.2, 0.25) is 5.91 Å². The van der Waals surface area contributed by atoms with E-state index >= 15 is 0 Å². The van der Waals surface area contributed by atoms with Gasteiger partial charge in [-0.1, -0.05) is 255 Å². The van der Waals surface area contributed by atoms with Crippen LogP contribution in [0.2, 0.25) is 0 Å². The topological polar surface area (TPSA) is 95.9 Å². The van der Waals surface area contributed by atoms with Gasteiger partial charge in [-0.05, 0) is 38.5 Å². The summed E-state index contributed by atoms with van der Waals surface area (Å²) in [7, 11) is 0. The van der Waals surface area contributed by atoms with Crippen LogP contribution < -0.4 is 5.32 Å². The predicted octanol–water partition coefficient (Wildman–Crippen LogP) is 15.2. The number of hydrogen-bond donors (Lipinski definition) is 3. The van der Waals surface area contributed by atoms with Gasteiger partial charge < -0.3 is 20.3 Å². The SMILES string of the molecule is CC/C=C/C=C/C=C\C=C/C=C/CCCC(CC(=O)NC(CO)C(O)CCCCCCCCCCCCCCCCCCC)OC(=O)CCCCCCCCCCCCC. The number of amides is 1. The Balaban J connectivity index is 4.59. The highest BCUT2D eigenvalue weighted by Crippen LogP contribution is 2.17. The minimum absolute atomic E-state index is 0.0295. The summed E-state index contributed by atoms with van der Waals surface area (Å²) in [6, 6.07) is -0.724. The van der Waals surface area contributed by atoms with Crippen molar-refractivity contribution in [3.05, 3.63) is 60.8 Å². The molecule has 0 spiro atoms. The first kappa shape index (κ1) is 57.6. The van der Waals surface area contributed by atoms with Crippen LogP contribution in [0.3, 0.4) is 0 Å². The van der Waals surface area contributed by atoms with E-state index in [-0.39, 0.29) is 24.9 Å². The molecule has 0 rings (SSSR count). The molecule has 0 aromatic rings. The Labute approximate surface area is 371 Å². The molecule has 348 valence electrons. The van der Waals surface area contributed by atoms with Crippen molar-refractivity contribution in [3.8, 4) is 0 Å². The van der Waals surface area contributed by atoms with Crippen molar-refractivity contribution in [1.29, 1.82) is 0 Å². The average Bonchev–Trinajstić information content (AvgIpc) is 3.24. The second kappa shape index (κ2) is 47.6. The standard InChI is InChI=1S/C54H97NO5/c1-4-7-10-13-16-19-22-24-25-26-27-29-32-34-37-40-43-46-52(57)51(49-56)55-53(58)48-50(45-42-39-36-33-31-28-23-20-17-14-11-8-5-2)60-54(59)47-44-41-38-35-30-21-18-15-12-9-6-3/h8,11,14,17,20,23,28,31,33,36,50-52,56-57H,4-7,9-10,12-13,15-16,18-19,21-22,24-27,29-30,32,34-35,37-49H2,1-3H3,(H,55,58)/b11-8+,17-14+,23-20-,31-28-,36-33+. The van der Waals surface area contributed by atoms with Crippen LogP contribution in [0.4, 0.5) is 0 Å². The van der Waals surface area contributed by atoms with Gasteiger partial charge in [0.1, 0.15) is 6.10 Å². The lowest BCUT2D eigenvalue weighted by Crippen LogP contribution is -2.46. The number of carbonyl (C=O) groups excluding carboxylic acids is 2. The van der Waals surface area contributed by atoms with Gasteiger partial charge in [-0.3, -0.25) is 9.59 Å². The van der Waals surface area contributed by atoms with Crippen molar-refractivity contribution < 1.29 is 24.5 Å². The quantitative estimate of drug-likeness (QED) is 0.0322. The Morgan fingerprint density at radius 1 is 0.500 bits per heavy atom. The zero-order chi connectivity index (χ0) is 43.8. The second-order valence-corrected chi connectivity index (χ2v) is 17.3. The normalized spacial score (nSPS) is 13.8. The summed E-state index contributed by atoms with van der Waals surface area (Å²) in [4.78, 5) is 26.1. The number of esters is 1. The van der Waals surface area contributed by atoms with E-state index in [1.165, 1.54) is 141 Å². The maximum atomic E-state index is 13.2. The summed E-state index contributed by atoms with van der Waals surface area (Å²) in [5, 5.41) is 23.7. The molecule has 6 nitrogen and oxygen atoms in total. The Kier molecular flexibility index (Phi) is 45.7. The molecule has 0 aliphatic heterocycles. The van der Waals surface area contributed by atoms with Crippen molar-refractivity contribution in [3.63, 3.8) is 0 Å². The fourth-order valence-corrected chi connectivity index (χ4v) is 7.63. The Hall–Kier alpha value is -2.44. The van der Waals surface area contributed by atoms with E-state index in [4.69, 9.17) is 4.74 Å². The van der Waals surface area contributed by atoms with Crippen molar-refractivity contribution in [2.24, 2.45) is 0 Å². The van der Waals surface area contributed by atoms with Crippen LogP contribution in [-0.4, -0.2) is 46.9 Å². The van der Waals surface area contributed by atoms with Gasteiger partial charge in [0.25, 0.3) is 0 Å². The third-order valence-electron chi connectivity index (χ3n) is 11.5. The van der Waals surface area contributed by atoms with Gasteiger partial charge in [0, 0.05) is 6.42 Å². The number of unbranched alkanes of at least 4 members (excludes halogenated alkanes) is 27. The lowest BCUT2D eigenvalue weighted by atomic mass is 10.0. The highest BCUT2D eigenvalue weighted by atomic mass is 16.5. The molecule has 0 bridgehead atoms. The smallest absolute Gasteiger partial charge is 0.306 e. The number of ether oxygens (including phenoxy) is 1. The molecule has 0 saturated heterocycles. The number of allylic oxidation sites excluding steroid dienone is 10. The Morgan fingerprint density at radius 2 is 0.900 bits per heavy atom. The Bertz CT molecular complexity index is 1080. The zero-order valence-electron chi connectivity index (χ0n) is 39.6. The maximum absolute atomic E-state index is 13.2. The van der Waals surface area contributed by atoms with Crippen LogP contribution in [0.5, 0.6) is 0 Å². The Morgan fingerprint density at radius 3 is 1.33 bits per heavy atom. The van der Waals surface area contributed by atoms with Gasteiger partial charge in [-0.15, -0.1) is 0 Å². The van der Waals surface area contributed by atoms with Crippen LogP contribution in [0.25, 0.3) is 0 Å². The first-order chi connectivity index (χ1) is 29.5. The highest BCUT2D eigenvalue weighted by molar-refractivity contribution is 5.77. The third-order valence-corrected chi connectivity index (χ3v) is 11.5. The molecular weight excluding hydrogens is 743 g/mol. The maximum Gasteiger partial charge on any atom is 0.306 e. The molecular formula is C54H97NO5. The van der Waals surface area contributed by atoms with Crippen LogP contribution in [-0.2, 0) is 14.3 Å². The van der Waals surface area contributed by atoms with Crippen LogP contribution >= 0.6 is 0 Å². The van der Waals surface area contributed by atoms with Gasteiger partial charge >= 0.3 is 5.97 Å². The molecule has 0 aliphatic rings. The van der Waals surface area contributed by atoms with Crippen molar-refractivity contribution >= 4 is 11.9 Å². The first-order valence-corrected chi connectivity index (χ1v) is 25.6. The molecule has 3 atom stereocenters. The molecule has 0 saturated carbocycles. The molecule has 3 N–H and O–H groups in total. The highest BCUT2D eigenvalue weighted by Gasteiger charge is 2.24. The summed E-state index contributed by atoms with van der Waals surface area (Å²) in [5.41, 5.74) is 0. The van der Waals surface area contributed by atoms with Crippen LogP contribution in [0, 0.1) is 0 Å². The summed E-state index contributed by atoms with van der Waals surface area (Å²) in [6.45, 7) is 6.32. The van der Waals surface area contributed by atoms with E-state index in [0.717, 1.165) is 57.8 Å². The monoisotopic (exact) mass is 840 g/mol. The van der Waals surface area contributed by atoms with E-state index in [9.17, 15) is 19.8 Å². The number of aliphatic hydroxyl groups is 2. The molecule has 0 heterocycles. The van der Waals surface area contributed by atoms with E-state index in [1.54, 1.807) is 0 Å². The molecule has 6 heteroatoms. The second-order valence-electron chi connectivity index (χ2n) is 17.3. The minimum atomic E-state index is -0.806. The molecule has 0 aliphatic carbocycles. The first-order valence-electron chi connectivity index (χ1n) is 25.6. The zero-order valence-corrected chi connectivity index (χ0v) is 39.6. The van der Waals surface area contributed by atoms with Crippen LogP contribution in [0.1, 0.15) is 245 Å². The predicted molar refractivity (Wildman–Crippen MR) is 259 cm³/mol. The van der Waals surface area contributed by atoms with Gasteiger partial charge in [-0.2, -0.15) is 0 Å². The lowest BCUT2D eigenvalue weighted by Gasteiger charge is -2.24.